The second-order valence-electron chi connectivity index (χ2n) is 6.24. The van der Waals surface area contributed by atoms with Crippen LogP contribution in [0.25, 0.3) is 0 Å². The van der Waals surface area contributed by atoms with Crippen LogP contribution < -0.4 is 14.8 Å². The van der Waals surface area contributed by atoms with Crippen molar-refractivity contribution in [3.63, 3.8) is 0 Å². The predicted octanol–water partition coefficient (Wildman–Crippen LogP) is 1.60. The summed E-state index contributed by atoms with van der Waals surface area (Å²) < 4.78 is 10.9. The van der Waals surface area contributed by atoms with Crippen molar-refractivity contribution in [3.8, 4) is 11.5 Å². The molecule has 0 aliphatic carbocycles. The van der Waals surface area contributed by atoms with Crippen molar-refractivity contribution in [1.82, 2.24) is 15.1 Å². The molecule has 2 rings (SSSR count). The Labute approximate surface area is 134 Å². The average molecular weight is 307 g/mol. The summed E-state index contributed by atoms with van der Waals surface area (Å²) in [5.41, 5.74) is 1.23. The van der Waals surface area contributed by atoms with Crippen molar-refractivity contribution in [3.05, 3.63) is 23.8 Å². The van der Waals surface area contributed by atoms with Crippen molar-refractivity contribution in [1.29, 1.82) is 0 Å². The number of nitrogens with one attached hydrogen (secondary N) is 1. The van der Waals surface area contributed by atoms with Gasteiger partial charge in [0.1, 0.15) is 11.5 Å². The molecule has 5 heteroatoms. The van der Waals surface area contributed by atoms with Crippen molar-refractivity contribution in [2.45, 2.75) is 19.0 Å². The molecule has 0 amide bonds. The largest absolute Gasteiger partial charge is 0.497 e. The molecular weight excluding hydrogens is 278 g/mol. The quantitative estimate of drug-likeness (QED) is 0.864. The fourth-order valence-electron chi connectivity index (χ4n) is 3.10. The molecule has 1 aliphatic rings. The highest BCUT2D eigenvalue weighted by atomic mass is 16.5. The Morgan fingerprint density at radius 1 is 1.32 bits per heavy atom. The van der Waals surface area contributed by atoms with Gasteiger partial charge >= 0.3 is 0 Å². The molecule has 0 saturated carbocycles. The second-order valence-corrected chi connectivity index (χ2v) is 6.24. The molecule has 1 saturated heterocycles. The molecule has 5 nitrogen and oxygen atoms in total. The number of ether oxygens (including phenoxy) is 2. The lowest BCUT2D eigenvalue weighted by Gasteiger charge is -2.39. The van der Waals surface area contributed by atoms with Crippen LogP contribution in [0.3, 0.4) is 0 Å². The van der Waals surface area contributed by atoms with Crippen molar-refractivity contribution in [2.75, 3.05) is 54.5 Å². The van der Waals surface area contributed by atoms with E-state index in [9.17, 15) is 0 Å². The molecule has 1 aromatic carbocycles. The average Bonchev–Trinajstić information content (AvgIpc) is 2.52. The zero-order valence-electron chi connectivity index (χ0n) is 14.4. The van der Waals surface area contributed by atoms with Crippen LogP contribution in [0.5, 0.6) is 11.5 Å². The lowest BCUT2D eigenvalue weighted by atomic mass is 10.0. The molecule has 124 valence electrons. The summed E-state index contributed by atoms with van der Waals surface area (Å²) in [7, 11) is 7.65. The van der Waals surface area contributed by atoms with Gasteiger partial charge in [0, 0.05) is 43.9 Å². The van der Waals surface area contributed by atoms with Gasteiger partial charge in [-0.25, -0.2) is 0 Å². The lowest BCUT2D eigenvalue weighted by Crippen LogP contribution is -2.51. The maximum atomic E-state index is 5.63. The van der Waals surface area contributed by atoms with E-state index in [-0.39, 0.29) is 0 Å². The highest BCUT2D eigenvalue weighted by molar-refractivity contribution is 5.42. The molecule has 0 bridgehead atoms. The van der Waals surface area contributed by atoms with Crippen LogP contribution in [0, 0.1) is 0 Å². The van der Waals surface area contributed by atoms with E-state index in [1.54, 1.807) is 14.2 Å². The summed E-state index contributed by atoms with van der Waals surface area (Å²) in [5.74, 6) is 1.73. The van der Waals surface area contributed by atoms with Crippen molar-refractivity contribution >= 4 is 0 Å². The van der Waals surface area contributed by atoms with Crippen LogP contribution in [-0.2, 0) is 0 Å². The Hall–Kier alpha value is -1.30. The van der Waals surface area contributed by atoms with Crippen LogP contribution in [0.1, 0.15) is 18.5 Å². The third kappa shape index (κ3) is 4.12. The number of piperazine rings is 1. The molecule has 22 heavy (non-hydrogen) atoms. The molecule has 0 radical (unpaired) electrons. The Morgan fingerprint density at radius 3 is 2.68 bits per heavy atom. The molecule has 1 N–H and O–H groups in total. The highest BCUT2D eigenvalue weighted by Crippen LogP contribution is 2.33. The number of nitrogens with zero attached hydrogens (tertiary/aromatic N) is 2. The van der Waals surface area contributed by atoms with Gasteiger partial charge in [-0.1, -0.05) is 6.07 Å². The third-order valence-corrected chi connectivity index (χ3v) is 4.18. The van der Waals surface area contributed by atoms with Crippen LogP contribution in [0.4, 0.5) is 0 Å². The van der Waals surface area contributed by atoms with Gasteiger partial charge in [0.05, 0.1) is 20.3 Å². The SMILES string of the molecule is COc1ccc(C(CN(C)C)N2CCNC(C)C2)c(OC)c1. The minimum absolute atomic E-state index is 0.320. The number of methoxy groups -OCH3 is 2. The van der Waals surface area contributed by atoms with Crippen LogP contribution in [0.2, 0.25) is 0 Å². The molecule has 1 heterocycles. The first kappa shape index (κ1) is 17.1. The van der Waals surface area contributed by atoms with Gasteiger partial charge in [-0.3, -0.25) is 4.90 Å². The van der Waals surface area contributed by atoms with Gasteiger partial charge in [0.15, 0.2) is 0 Å². The van der Waals surface area contributed by atoms with Crippen LogP contribution in [0.15, 0.2) is 18.2 Å². The minimum Gasteiger partial charge on any atom is -0.497 e. The standard InChI is InChI=1S/C17H29N3O2/c1-13-11-20(9-8-18-13)16(12-19(2)3)15-7-6-14(21-4)10-17(15)22-5/h6-7,10,13,16,18H,8-9,11-12H2,1-5H3. The van der Waals surface area contributed by atoms with Crippen molar-refractivity contribution < 1.29 is 9.47 Å². The summed E-state index contributed by atoms with van der Waals surface area (Å²) >= 11 is 0. The first-order valence-electron chi connectivity index (χ1n) is 7.89. The van der Waals surface area contributed by atoms with Gasteiger partial charge in [-0.15, -0.1) is 0 Å². The zero-order chi connectivity index (χ0) is 16.1. The predicted molar refractivity (Wildman–Crippen MR) is 89.9 cm³/mol. The first-order valence-corrected chi connectivity index (χ1v) is 7.89. The third-order valence-electron chi connectivity index (χ3n) is 4.18. The van der Waals surface area contributed by atoms with Crippen molar-refractivity contribution in [2.24, 2.45) is 0 Å². The summed E-state index contributed by atoms with van der Waals surface area (Å²) in [4.78, 5) is 4.78. The summed E-state index contributed by atoms with van der Waals surface area (Å²) in [6.45, 7) is 6.34. The normalized spacial score (nSPS) is 20.9. The molecule has 2 unspecified atom stereocenters. The number of hydrogen-bond donors (Lipinski definition) is 1. The highest BCUT2D eigenvalue weighted by Gasteiger charge is 2.27. The Bertz CT molecular complexity index is 479. The lowest BCUT2D eigenvalue weighted by molar-refractivity contribution is 0.123. The molecular formula is C17H29N3O2. The minimum atomic E-state index is 0.320. The molecule has 1 fully saturated rings. The molecule has 1 aliphatic heterocycles. The van der Waals surface area contributed by atoms with E-state index in [1.807, 2.05) is 12.1 Å². The van der Waals surface area contributed by atoms with Gasteiger partial charge in [0.25, 0.3) is 0 Å². The number of benzene rings is 1. The van der Waals surface area contributed by atoms with Crippen LogP contribution >= 0.6 is 0 Å². The van der Waals surface area contributed by atoms with E-state index in [0.717, 1.165) is 37.7 Å². The fourth-order valence-corrected chi connectivity index (χ4v) is 3.10. The fraction of sp³-hybridized carbons (Fsp3) is 0.647. The second kappa shape index (κ2) is 7.81. The number of likely N-dealkylation sites (N-methyl/N-ethyl adjacent to an activating group) is 1. The summed E-state index contributed by atoms with van der Waals surface area (Å²) in [6.07, 6.45) is 0. The zero-order valence-corrected chi connectivity index (χ0v) is 14.4. The maximum Gasteiger partial charge on any atom is 0.127 e. The van der Waals surface area contributed by atoms with Gasteiger partial charge in [-0.05, 0) is 27.1 Å². The first-order chi connectivity index (χ1) is 10.5. The summed E-state index contributed by atoms with van der Waals surface area (Å²) in [6, 6.07) is 6.97. The van der Waals surface area contributed by atoms with E-state index >= 15 is 0 Å². The topological polar surface area (TPSA) is 37.0 Å². The molecule has 1 aromatic rings. The Balaban J connectivity index is 2.31. The van der Waals surface area contributed by atoms with Gasteiger partial charge in [-0.2, -0.15) is 0 Å². The van der Waals surface area contributed by atoms with Gasteiger partial charge < -0.3 is 19.7 Å². The number of hydrogen-bond acceptors (Lipinski definition) is 5. The Morgan fingerprint density at radius 2 is 2.09 bits per heavy atom. The van der Waals surface area contributed by atoms with E-state index < -0.39 is 0 Å². The smallest absolute Gasteiger partial charge is 0.127 e. The monoisotopic (exact) mass is 307 g/mol. The van der Waals surface area contributed by atoms with Crippen LogP contribution in [-0.4, -0.2) is 70.3 Å². The molecule has 2 atom stereocenters. The van der Waals surface area contributed by atoms with E-state index in [0.29, 0.717) is 12.1 Å². The van der Waals surface area contributed by atoms with Gasteiger partial charge in [0.2, 0.25) is 0 Å². The molecule has 0 spiro atoms. The Kier molecular flexibility index (Phi) is 6.06. The summed E-state index contributed by atoms with van der Waals surface area (Å²) in [5, 5.41) is 3.51. The molecule has 0 aromatic heterocycles. The van der Waals surface area contributed by atoms with E-state index in [1.165, 1.54) is 5.56 Å². The van der Waals surface area contributed by atoms with E-state index in [4.69, 9.17) is 9.47 Å². The van der Waals surface area contributed by atoms with E-state index in [2.05, 4.69) is 42.2 Å². The maximum absolute atomic E-state index is 5.63. The number of rotatable bonds is 6.